The number of amides is 1. The van der Waals surface area contributed by atoms with Crippen LogP contribution in [-0.4, -0.2) is 30.9 Å². The summed E-state index contributed by atoms with van der Waals surface area (Å²) in [6.45, 7) is 4.54. The minimum atomic E-state index is 0.123. The molecule has 3 nitrogen and oxygen atoms in total. The number of nitrogens with zero attached hydrogens (tertiary/aromatic N) is 1. The molecule has 1 aliphatic heterocycles. The topological polar surface area (TPSA) is 32.3 Å². The lowest BCUT2D eigenvalue weighted by molar-refractivity contribution is -0.135. The Balaban J connectivity index is 2.01. The average molecular weight is 311 g/mol. The van der Waals surface area contributed by atoms with Gasteiger partial charge in [-0.1, -0.05) is 41.1 Å². The SMILES string of the molecule is C[C@@H]1CNC[C@H]1C(=O)N(C)Cc1ccccc1Br. The number of nitrogens with one attached hydrogen (secondary N) is 1. The third-order valence-corrected chi connectivity index (χ3v) is 4.35. The Bertz CT molecular complexity index is 436. The van der Waals surface area contributed by atoms with Crippen molar-refractivity contribution >= 4 is 21.8 Å². The molecular formula is C14H19BrN2O. The van der Waals surface area contributed by atoms with Crippen molar-refractivity contribution in [2.24, 2.45) is 11.8 Å². The van der Waals surface area contributed by atoms with E-state index in [1.54, 1.807) is 0 Å². The number of halogens is 1. The van der Waals surface area contributed by atoms with E-state index in [1.165, 1.54) is 0 Å². The summed E-state index contributed by atoms with van der Waals surface area (Å²) in [4.78, 5) is 14.2. The van der Waals surface area contributed by atoms with Gasteiger partial charge in [0.25, 0.3) is 0 Å². The van der Waals surface area contributed by atoms with E-state index in [2.05, 4.69) is 28.2 Å². The molecule has 2 rings (SSSR count). The first kappa shape index (κ1) is 13.6. The minimum absolute atomic E-state index is 0.123. The predicted molar refractivity (Wildman–Crippen MR) is 76.1 cm³/mol. The molecule has 0 unspecified atom stereocenters. The van der Waals surface area contributed by atoms with Gasteiger partial charge in [-0.15, -0.1) is 0 Å². The van der Waals surface area contributed by atoms with Crippen molar-refractivity contribution in [1.82, 2.24) is 10.2 Å². The first-order chi connectivity index (χ1) is 8.59. The van der Waals surface area contributed by atoms with Crippen LogP contribution in [0.1, 0.15) is 12.5 Å². The van der Waals surface area contributed by atoms with Crippen LogP contribution in [-0.2, 0) is 11.3 Å². The van der Waals surface area contributed by atoms with E-state index < -0.39 is 0 Å². The third-order valence-electron chi connectivity index (χ3n) is 3.58. The molecule has 1 fully saturated rings. The van der Waals surface area contributed by atoms with Gasteiger partial charge in [-0.25, -0.2) is 0 Å². The Kier molecular flexibility index (Phi) is 4.40. The van der Waals surface area contributed by atoms with E-state index in [0.29, 0.717) is 12.5 Å². The fraction of sp³-hybridized carbons (Fsp3) is 0.500. The van der Waals surface area contributed by atoms with Crippen LogP contribution in [0.25, 0.3) is 0 Å². The Morgan fingerprint density at radius 2 is 2.17 bits per heavy atom. The highest BCUT2D eigenvalue weighted by Gasteiger charge is 2.31. The lowest BCUT2D eigenvalue weighted by atomic mass is 9.96. The van der Waals surface area contributed by atoms with Crippen LogP contribution in [0.2, 0.25) is 0 Å². The summed E-state index contributed by atoms with van der Waals surface area (Å²) in [6.07, 6.45) is 0. The summed E-state index contributed by atoms with van der Waals surface area (Å²) in [5.74, 6) is 0.792. The standard InChI is InChI=1S/C14H19BrN2O/c1-10-7-16-8-12(10)14(18)17(2)9-11-5-3-4-6-13(11)15/h3-6,10,12,16H,7-9H2,1-2H3/t10-,12-/m1/s1. The molecule has 0 radical (unpaired) electrons. The van der Waals surface area contributed by atoms with Gasteiger partial charge in [0.15, 0.2) is 0 Å². The molecule has 1 aliphatic rings. The first-order valence-corrected chi connectivity index (χ1v) is 7.08. The van der Waals surface area contributed by atoms with Gasteiger partial charge in [0.1, 0.15) is 0 Å². The Hall–Kier alpha value is -0.870. The van der Waals surface area contributed by atoms with Crippen molar-refractivity contribution in [2.45, 2.75) is 13.5 Å². The van der Waals surface area contributed by atoms with Crippen molar-refractivity contribution in [3.8, 4) is 0 Å². The maximum atomic E-state index is 12.3. The van der Waals surface area contributed by atoms with Crippen molar-refractivity contribution in [3.63, 3.8) is 0 Å². The molecule has 1 amide bonds. The lowest BCUT2D eigenvalue weighted by Gasteiger charge is -2.23. The highest BCUT2D eigenvalue weighted by Crippen LogP contribution is 2.21. The largest absolute Gasteiger partial charge is 0.341 e. The molecule has 2 atom stereocenters. The molecule has 1 aromatic rings. The molecule has 1 N–H and O–H groups in total. The molecule has 1 aromatic carbocycles. The molecule has 4 heteroatoms. The highest BCUT2D eigenvalue weighted by molar-refractivity contribution is 9.10. The second-order valence-corrected chi connectivity index (χ2v) is 5.88. The number of carbonyl (C=O) groups is 1. The number of carbonyl (C=O) groups excluding carboxylic acids is 1. The van der Waals surface area contributed by atoms with E-state index in [4.69, 9.17) is 0 Å². The van der Waals surface area contributed by atoms with Gasteiger partial charge in [-0.2, -0.15) is 0 Å². The van der Waals surface area contributed by atoms with Crippen LogP contribution in [0.5, 0.6) is 0 Å². The van der Waals surface area contributed by atoms with Gasteiger partial charge in [-0.05, 0) is 24.1 Å². The molecule has 0 aliphatic carbocycles. The van der Waals surface area contributed by atoms with Crippen molar-refractivity contribution < 1.29 is 4.79 Å². The maximum Gasteiger partial charge on any atom is 0.227 e. The number of benzene rings is 1. The summed E-state index contributed by atoms with van der Waals surface area (Å²) in [5, 5.41) is 3.28. The molecule has 0 saturated carbocycles. The summed E-state index contributed by atoms with van der Waals surface area (Å²) in [7, 11) is 1.88. The molecule has 0 spiro atoms. The zero-order chi connectivity index (χ0) is 13.1. The summed E-state index contributed by atoms with van der Waals surface area (Å²) in [5.41, 5.74) is 1.15. The fourth-order valence-corrected chi connectivity index (χ4v) is 2.79. The zero-order valence-electron chi connectivity index (χ0n) is 10.8. The molecule has 98 valence electrons. The maximum absolute atomic E-state index is 12.3. The molecule has 18 heavy (non-hydrogen) atoms. The third kappa shape index (κ3) is 2.93. The van der Waals surface area contributed by atoms with E-state index in [9.17, 15) is 4.79 Å². The summed E-state index contributed by atoms with van der Waals surface area (Å²) < 4.78 is 1.06. The van der Waals surface area contributed by atoms with Crippen LogP contribution in [0.4, 0.5) is 0 Å². The van der Waals surface area contributed by atoms with Crippen molar-refractivity contribution in [1.29, 1.82) is 0 Å². The molecule has 1 heterocycles. The minimum Gasteiger partial charge on any atom is -0.341 e. The van der Waals surface area contributed by atoms with Crippen LogP contribution in [0, 0.1) is 11.8 Å². The van der Waals surface area contributed by atoms with Gasteiger partial charge < -0.3 is 10.2 Å². The Labute approximate surface area is 117 Å². The second-order valence-electron chi connectivity index (χ2n) is 5.03. The van der Waals surface area contributed by atoms with E-state index in [-0.39, 0.29) is 11.8 Å². The van der Waals surface area contributed by atoms with E-state index in [0.717, 1.165) is 23.1 Å². The summed E-state index contributed by atoms with van der Waals surface area (Å²) in [6, 6.07) is 8.04. The van der Waals surface area contributed by atoms with Gasteiger partial charge in [0.05, 0.1) is 5.92 Å². The van der Waals surface area contributed by atoms with Gasteiger partial charge in [0, 0.05) is 24.6 Å². The van der Waals surface area contributed by atoms with E-state index in [1.807, 2.05) is 36.2 Å². The molecule has 0 aromatic heterocycles. The number of hydrogen-bond acceptors (Lipinski definition) is 2. The van der Waals surface area contributed by atoms with Crippen LogP contribution in [0.3, 0.4) is 0 Å². The average Bonchev–Trinajstić information content (AvgIpc) is 2.77. The van der Waals surface area contributed by atoms with Gasteiger partial charge in [0.2, 0.25) is 5.91 Å². The van der Waals surface area contributed by atoms with Gasteiger partial charge >= 0.3 is 0 Å². The first-order valence-electron chi connectivity index (χ1n) is 6.28. The van der Waals surface area contributed by atoms with Crippen molar-refractivity contribution in [3.05, 3.63) is 34.3 Å². The lowest BCUT2D eigenvalue weighted by Crippen LogP contribution is -2.35. The number of rotatable bonds is 3. The van der Waals surface area contributed by atoms with Crippen LogP contribution >= 0.6 is 15.9 Å². The van der Waals surface area contributed by atoms with Gasteiger partial charge in [-0.3, -0.25) is 4.79 Å². The monoisotopic (exact) mass is 310 g/mol. The normalized spacial score (nSPS) is 23.1. The quantitative estimate of drug-likeness (QED) is 0.929. The zero-order valence-corrected chi connectivity index (χ0v) is 12.4. The molecule has 1 saturated heterocycles. The second kappa shape index (κ2) is 5.85. The summed E-state index contributed by atoms with van der Waals surface area (Å²) >= 11 is 3.52. The molecular weight excluding hydrogens is 292 g/mol. The molecule has 0 bridgehead atoms. The van der Waals surface area contributed by atoms with Crippen LogP contribution in [0.15, 0.2) is 28.7 Å². The van der Waals surface area contributed by atoms with Crippen molar-refractivity contribution in [2.75, 3.05) is 20.1 Å². The smallest absolute Gasteiger partial charge is 0.227 e. The van der Waals surface area contributed by atoms with Crippen LogP contribution < -0.4 is 5.32 Å². The number of hydrogen-bond donors (Lipinski definition) is 1. The Morgan fingerprint density at radius 1 is 1.44 bits per heavy atom. The Morgan fingerprint density at radius 3 is 2.78 bits per heavy atom. The van der Waals surface area contributed by atoms with E-state index >= 15 is 0 Å². The fourth-order valence-electron chi connectivity index (χ4n) is 2.38. The highest BCUT2D eigenvalue weighted by atomic mass is 79.9. The predicted octanol–water partition coefficient (Wildman–Crippen LogP) is 2.26.